The van der Waals surface area contributed by atoms with Crippen LogP contribution in [-0.4, -0.2) is 41.7 Å². The highest BCUT2D eigenvalue weighted by Crippen LogP contribution is 2.32. The Morgan fingerprint density at radius 2 is 1.66 bits per heavy atom. The van der Waals surface area contributed by atoms with Crippen LogP contribution in [0.4, 0.5) is 0 Å². The molecule has 1 aromatic heterocycles. The van der Waals surface area contributed by atoms with E-state index in [0.717, 1.165) is 28.4 Å². The second-order valence-electron chi connectivity index (χ2n) is 7.76. The van der Waals surface area contributed by atoms with Crippen molar-refractivity contribution in [1.82, 2.24) is 9.58 Å². The Labute approximate surface area is 176 Å². The third-order valence-corrected chi connectivity index (χ3v) is 6.07. The van der Waals surface area contributed by atoms with E-state index in [1.165, 1.54) is 36.7 Å². The van der Waals surface area contributed by atoms with Gasteiger partial charge in [-0.05, 0) is 44.0 Å². The van der Waals surface area contributed by atoms with E-state index in [1.54, 1.807) is 6.92 Å². The molecule has 0 aliphatic carbocycles. The van der Waals surface area contributed by atoms with Gasteiger partial charge in [-0.3, -0.25) is 9.69 Å². The number of halogens is 1. The molecule has 6 heteroatoms. The van der Waals surface area contributed by atoms with Gasteiger partial charge in [0.2, 0.25) is 0 Å². The summed E-state index contributed by atoms with van der Waals surface area (Å²) in [5.74, 6) is 0.548. The van der Waals surface area contributed by atoms with Gasteiger partial charge in [0.05, 0.1) is 17.6 Å². The molecule has 0 radical (unpaired) electrons. The predicted octanol–water partition coefficient (Wildman–Crippen LogP) is 4.28. The van der Waals surface area contributed by atoms with E-state index in [2.05, 4.69) is 23.1 Å². The van der Waals surface area contributed by atoms with Crippen LogP contribution in [0.2, 0.25) is 0 Å². The molecule has 3 fully saturated rings. The summed E-state index contributed by atoms with van der Waals surface area (Å²) in [5, 5.41) is 3.63. The average Bonchev–Trinajstić information content (AvgIpc) is 3.06. The molecular formula is C23H26ClN3O2. The first-order valence-corrected chi connectivity index (χ1v) is 10.1. The molecule has 2 bridgehead atoms. The molecule has 3 saturated heterocycles. The summed E-state index contributed by atoms with van der Waals surface area (Å²) >= 11 is 0. The minimum absolute atomic E-state index is 0. The maximum Gasteiger partial charge on any atom is 0.264 e. The zero-order valence-corrected chi connectivity index (χ0v) is 17.4. The number of rotatable bonds is 4. The Morgan fingerprint density at radius 1 is 1.07 bits per heavy atom. The van der Waals surface area contributed by atoms with E-state index in [9.17, 15) is 4.79 Å². The van der Waals surface area contributed by atoms with Crippen molar-refractivity contribution in [2.45, 2.75) is 19.8 Å². The Balaban J connectivity index is 0.00000205. The van der Waals surface area contributed by atoms with Crippen LogP contribution in [0.3, 0.4) is 0 Å². The fourth-order valence-corrected chi connectivity index (χ4v) is 4.68. The van der Waals surface area contributed by atoms with E-state index in [4.69, 9.17) is 4.84 Å². The standard InChI is InChI=1S/C23H25N3O2.ClH/c1-17(27)26(28-15-12-19-16-24-13-10-18(19)11-14-24)25-22-8-4-2-6-20(22)21-7-3-5-9-23(21)25;/h2-9,12,18H,10-11,13-16H2,1H3;1H. The van der Waals surface area contributed by atoms with Crippen molar-refractivity contribution in [2.75, 3.05) is 31.4 Å². The first kappa shape index (κ1) is 20.0. The first-order chi connectivity index (χ1) is 13.7. The van der Waals surface area contributed by atoms with Crippen molar-refractivity contribution < 1.29 is 9.63 Å². The summed E-state index contributed by atoms with van der Waals surface area (Å²) in [6.07, 6.45) is 4.67. The summed E-state index contributed by atoms with van der Waals surface area (Å²) < 4.78 is 1.89. The van der Waals surface area contributed by atoms with Crippen LogP contribution in [0.25, 0.3) is 21.8 Å². The zero-order chi connectivity index (χ0) is 19.1. The summed E-state index contributed by atoms with van der Waals surface area (Å²) in [6.45, 7) is 5.42. The van der Waals surface area contributed by atoms with Gasteiger partial charge in [-0.2, -0.15) is 0 Å². The molecule has 2 aromatic carbocycles. The van der Waals surface area contributed by atoms with Gasteiger partial charge in [-0.1, -0.05) is 48.0 Å². The van der Waals surface area contributed by atoms with Crippen molar-refractivity contribution in [3.8, 4) is 0 Å². The SMILES string of the molecule is CC(=O)N(OCC=C1CN2CCC1CC2)n1c2ccccc2c2ccccc21.Cl. The number of aromatic nitrogens is 1. The molecule has 29 heavy (non-hydrogen) atoms. The third kappa shape index (κ3) is 3.54. The van der Waals surface area contributed by atoms with E-state index in [1.807, 2.05) is 41.1 Å². The van der Waals surface area contributed by atoms with Gasteiger partial charge in [0.15, 0.2) is 0 Å². The molecule has 6 rings (SSSR count). The van der Waals surface area contributed by atoms with Gasteiger partial charge < -0.3 is 0 Å². The average molecular weight is 412 g/mol. The molecule has 0 N–H and O–H groups in total. The van der Waals surface area contributed by atoms with Crippen LogP contribution < -0.4 is 5.17 Å². The van der Waals surface area contributed by atoms with Crippen molar-refractivity contribution in [3.63, 3.8) is 0 Å². The number of piperidine rings is 3. The monoisotopic (exact) mass is 411 g/mol. The van der Waals surface area contributed by atoms with Crippen molar-refractivity contribution in [1.29, 1.82) is 0 Å². The molecule has 0 spiro atoms. The highest BCUT2D eigenvalue weighted by atomic mass is 35.5. The molecule has 0 saturated carbocycles. The van der Waals surface area contributed by atoms with E-state index >= 15 is 0 Å². The largest absolute Gasteiger partial charge is 0.299 e. The van der Waals surface area contributed by atoms with Crippen LogP contribution in [0.5, 0.6) is 0 Å². The van der Waals surface area contributed by atoms with Crippen molar-refractivity contribution in [2.24, 2.45) is 5.92 Å². The van der Waals surface area contributed by atoms with Crippen molar-refractivity contribution in [3.05, 3.63) is 60.2 Å². The number of hydroxylamine groups is 1. The molecular weight excluding hydrogens is 386 g/mol. The van der Waals surface area contributed by atoms with Crippen LogP contribution >= 0.6 is 12.4 Å². The fraction of sp³-hybridized carbons (Fsp3) is 0.348. The number of hydrogen-bond donors (Lipinski definition) is 0. The normalized spacial score (nSPS) is 22.2. The topological polar surface area (TPSA) is 37.7 Å². The third-order valence-electron chi connectivity index (χ3n) is 6.07. The van der Waals surface area contributed by atoms with Crippen LogP contribution in [0.1, 0.15) is 19.8 Å². The second-order valence-corrected chi connectivity index (χ2v) is 7.76. The number of nitrogens with zero attached hydrogens (tertiary/aromatic N) is 3. The first-order valence-electron chi connectivity index (χ1n) is 10.1. The Morgan fingerprint density at radius 3 is 2.17 bits per heavy atom. The fourth-order valence-electron chi connectivity index (χ4n) is 4.68. The van der Waals surface area contributed by atoms with Gasteiger partial charge in [-0.25, -0.2) is 9.51 Å². The van der Waals surface area contributed by atoms with E-state index in [0.29, 0.717) is 12.5 Å². The van der Waals surface area contributed by atoms with Gasteiger partial charge >= 0.3 is 0 Å². The quantitative estimate of drug-likeness (QED) is 0.475. The summed E-state index contributed by atoms with van der Waals surface area (Å²) in [4.78, 5) is 21.0. The van der Waals surface area contributed by atoms with Gasteiger partial charge in [0.25, 0.3) is 5.91 Å². The molecule has 3 aromatic rings. The van der Waals surface area contributed by atoms with Gasteiger partial charge in [-0.15, -0.1) is 17.6 Å². The minimum Gasteiger partial charge on any atom is -0.299 e. The van der Waals surface area contributed by atoms with Gasteiger partial charge in [0, 0.05) is 24.2 Å². The lowest BCUT2D eigenvalue weighted by molar-refractivity contribution is -0.127. The highest BCUT2D eigenvalue weighted by molar-refractivity contribution is 6.09. The number of hydrogen-bond acceptors (Lipinski definition) is 3. The maximum absolute atomic E-state index is 12.5. The smallest absolute Gasteiger partial charge is 0.264 e. The van der Waals surface area contributed by atoms with Crippen LogP contribution in [0.15, 0.2) is 60.2 Å². The molecule has 3 aliphatic rings. The van der Waals surface area contributed by atoms with E-state index in [-0.39, 0.29) is 18.3 Å². The Hall–Kier alpha value is -2.34. The molecule has 5 nitrogen and oxygen atoms in total. The van der Waals surface area contributed by atoms with E-state index < -0.39 is 0 Å². The molecule has 152 valence electrons. The number of carbonyl (C=O) groups excluding carboxylic acids is 1. The Kier molecular flexibility index (Phi) is 5.63. The van der Waals surface area contributed by atoms with Crippen LogP contribution in [-0.2, 0) is 9.63 Å². The molecule has 0 atom stereocenters. The number of para-hydroxylation sites is 2. The molecule has 0 unspecified atom stereocenters. The van der Waals surface area contributed by atoms with Crippen LogP contribution in [0, 0.1) is 5.92 Å². The lowest BCUT2D eigenvalue weighted by atomic mass is 9.84. The number of fused-ring (bicyclic) bond motifs is 6. The van der Waals surface area contributed by atoms with Crippen molar-refractivity contribution >= 4 is 40.1 Å². The maximum atomic E-state index is 12.5. The lowest BCUT2D eigenvalue weighted by Gasteiger charge is -2.41. The molecule has 1 amide bonds. The molecule has 4 heterocycles. The summed E-state index contributed by atoms with van der Waals surface area (Å²) in [7, 11) is 0. The minimum atomic E-state index is -0.140. The predicted molar refractivity (Wildman–Crippen MR) is 119 cm³/mol. The highest BCUT2D eigenvalue weighted by Gasteiger charge is 2.29. The molecule has 3 aliphatic heterocycles. The number of carbonyl (C=O) groups is 1. The number of amides is 1. The number of benzene rings is 2. The lowest BCUT2D eigenvalue weighted by Crippen LogP contribution is -2.43. The zero-order valence-electron chi connectivity index (χ0n) is 16.6. The second kappa shape index (κ2) is 8.19. The van der Waals surface area contributed by atoms with Gasteiger partial charge in [0.1, 0.15) is 0 Å². The Bertz CT molecular complexity index is 1010. The summed E-state index contributed by atoms with van der Waals surface area (Å²) in [5.41, 5.74) is 3.40. The summed E-state index contributed by atoms with van der Waals surface area (Å²) in [6, 6.07) is 16.3.